The summed E-state index contributed by atoms with van der Waals surface area (Å²) < 4.78 is 0. The molecule has 0 radical (unpaired) electrons. The lowest BCUT2D eigenvalue weighted by molar-refractivity contribution is 1.47. The topological polar surface area (TPSA) is 0 Å². The fraction of sp³-hybridized carbons (Fsp3) is 0.0769. The van der Waals surface area contributed by atoms with E-state index in [1.807, 2.05) is 22.7 Å². The zero-order valence-corrected chi connectivity index (χ0v) is 9.78. The van der Waals surface area contributed by atoms with Crippen molar-refractivity contribution in [2.45, 2.75) is 6.42 Å². The van der Waals surface area contributed by atoms with E-state index in [2.05, 4.69) is 47.2 Å². The van der Waals surface area contributed by atoms with Crippen molar-refractivity contribution in [3.05, 3.63) is 56.9 Å². The van der Waals surface area contributed by atoms with Crippen molar-refractivity contribution in [1.29, 1.82) is 0 Å². The molecule has 15 heavy (non-hydrogen) atoms. The number of rotatable bonds is 2. The molecular weight excluding hydrogens is 220 g/mol. The van der Waals surface area contributed by atoms with Gasteiger partial charge in [0.1, 0.15) is 0 Å². The summed E-state index contributed by atoms with van der Waals surface area (Å²) in [5.41, 5.74) is 2.89. The highest BCUT2D eigenvalue weighted by molar-refractivity contribution is 7.12. The molecule has 2 aromatic rings. The Bertz CT molecular complexity index is 499. The maximum Gasteiger partial charge on any atom is 0.0345 e. The fourth-order valence-electron chi connectivity index (χ4n) is 1.85. The second kappa shape index (κ2) is 3.80. The Morgan fingerprint density at radius 2 is 1.67 bits per heavy atom. The monoisotopic (exact) mass is 230 g/mol. The Morgan fingerprint density at radius 3 is 2.33 bits per heavy atom. The Morgan fingerprint density at radius 1 is 0.933 bits per heavy atom. The highest BCUT2D eigenvalue weighted by Gasteiger charge is 2.13. The molecule has 0 N–H and O–H groups in total. The molecule has 0 spiro atoms. The molecule has 1 aliphatic rings. The largest absolute Gasteiger partial charge is 0.144 e. The number of allylic oxidation sites excluding steroid dienone is 4. The minimum absolute atomic E-state index is 1.08. The molecule has 74 valence electrons. The predicted molar refractivity (Wildman–Crippen MR) is 69.2 cm³/mol. The van der Waals surface area contributed by atoms with Gasteiger partial charge < -0.3 is 0 Å². The molecule has 0 fully saturated rings. The zero-order valence-electron chi connectivity index (χ0n) is 8.14. The van der Waals surface area contributed by atoms with E-state index in [1.54, 1.807) is 0 Å². The van der Waals surface area contributed by atoms with Gasteiger partial charge in [0, 0.05) is 9.75 Å². The van der Waals surface area contributed by atoms with Crippen LogP contribution < -0.4 is 0 Å². The minimum atomic E-state index is 1.08. The van der Waals surface area contributed by atoms with E-state index in [0.717, 1.165) is 6.42 Å². The van der Waals surface area contributed by atoms with Crippen LogP contribution in [0.3, 0.4) is 0 Å². The van der Waals surface area contributed by atoms with E-state index in [-0.39, 0.29) is 0 Å². The van der Waals surface area contributed by atoms with Crippen molar-refractivity contribution in [3.63, 3.8) is 0 Å². The van der Waals surface area contributed by atoms with Gasteiger partial charge in [0.2, 0.25) is 0 Å². The summed E-state index contributed by atoms with van der Waals surface area (Å²) in [6.07, 6.45) is 5.58. The van der Waals surface area contributed by atoms with Crippen LogP contribution in [-0.4, -0.2) is 0 Å². The lowest BCUT2D eigenvalue weighted by atomic mass is 10.1. The van der Waals surface area contributed by atoms with Crippen LogP contribution >= 0.6 is 22.7 Å². The molecule has 0 unspecified atom stereocenters. The van der Waals surface area contributed by atoms with Crippen LogP contribution in [0.4, 0.5) is 0 Å². The van der Waals surface area contributed by atoms with Crippen molar-refractivity contribution in [3.8, 4) is 0 Å². The Balaban J connectivity index is 2.11. The van der Waals surface area contributed by atoms with Crippen LogP contribution in [0.25, 0.3) is 11.1 Å². The van der Waals surface area contributed by atoms with Crippen LogP contribution in [0.2, 0.25) is 0 Å². The minimum Gasteiger partial charge on any atom is -0.144 e. The SMILES string of the molecule is C1=CC(c2cccs2)=C(c2cccs2)C1. The quantitative estimate of drug-likeness (QED) is 0.702. The van der Waals surface area contributed by atoms with Gasteiger partial charge >= 0.3 is 0 Å². The van der Waals surface area contributed by atoms with Gasteiger partial charge in [0.05, 0.1) is 0 Å². The fourth-order valence-corrected chi connectivity index (χ4v) is 3.43. The van der Waals surface area contributed by atoms with Gasteiger partial charge in [-0.3, -0.25) is 0 Å². The smallest absolute Gasteiger partial charge is 0.0345 e. The third kappa shape index (κ3) is 1.60. The van der Waals surface area contributed by atoms with Crippen molar-refractivity contribution < 1.29 is 0 Å². The summed E-state index contributed by atoms with van der Waals surface area (Å²) in [6, 6.07) is 8.65. The summed E-state index contributed by atoms with van der Waals surface area (Å²) in [5.74, 6) is 0. The summed E-state index contributed by atoms with van der Waals surface area (Å²) >= 11 is 3.64. The normalized spacial score (nSPS) is 15.2. The molecule has 0 amide bonds. The summed E-state index contributed by atoms with van der Waals surface area (Å²) in [7, 11) is 0. The van der Waals surface area contributed by atoms with Crippen LogP contribution in [0.1, 0.15) is 16.2 Å². The Labute approximate surface area is 97.2 Å². The summed E-state index contributed by atoms with van der Waals surface area (Å²) in [4.78, 5) is 2.79. The van der Waals surface area contributed by atoms with Crippen LogP contribution in [0.15, 0.2) is 47.2 Å². The molecule has 0 aliphatic heterocycles. The maximum absolute atomic E-state index is 2.25. The molecule has 2 heterocycles. The number of hydrogen-bond acceptors (Lipinski definition) is 2. The van der Waals surface area contributed by atoms with Crippen LogP contribution in [0, 0.1) is 0 Å². The van der Waals surface area contributed by atoms with Gasteiger partial charge in [-0.15, -0.1) is 22.7 Å². The van der Waals surface area contributed by atoms with Crippen LogP contribution in [0.5, 0.6) is 0 Å². The van der Waals surface area contributed by atoms with E-state index in [9.17, 15) is 0 Å². The highest BCUT2D eigenvalue weighted by atomic mass is 32.1. The third-order valence-corrected chi connectivity index (χ3v) is 4.37. The average molecular weight is 230 g/mol. The molecule has 3 rings (SSSR count). The summed E-state index contributed by atoms with van der Waals surface area (Å²) in [6.45, 7) is 0. The van der Waals surface area contributed by atoms with E-state index >= 15 is 0 Å². The van der Waals surface area contributed by atoms with E-state index in [1.165, 1.54) is 20.9 Å². The van der Waals surface area contributed by atoms with Gasteiger partial charge in [-0.25, -0.2) is 0 Å². The molecule has 1 aliphatic carbocycles. The molecule has 0 aromatic carbocycles. The van der Waals surface area contributed by atoms with E-state index in [0.29, 0.717) is 0 Å². The first-order chi connectivity index (χ1) is 7.45. The number of thiophene rings is 2. The van der Waals surface area contributed by atoms with Gasteiger partial charge in [-0.1, -0.05) is 24.3 Å². The molecule has 0 saturated carbocycles. The second-order valence-electron chi connectivity index (χ2n) is 3.45. The van der Waals surface area contributed by atoms with Crippen molar-refractivity contribution >= 4 is 33.8 Å². The summed E-state index contributed by atoms with van der Waals surface area (Å²) in [5, 5.41) is 4.28. The predicted octanol–water partition coefficient (Wildman–Crippen LogP) is 4.68. The Hall–Kier alpha value is -1.12. The van der Waals surface area contributed by atoms with Crippen molar-refractivity contribution in [1.82, 2.24) is 0 Å². The standard InChI is InChI=1S/C13H10S2/c1-4-10(12-6-2-8-14-12)11(5-1)13-7-3-9-15-13/h1-4,6-9H,5H2. The van der Waals surface area contributed by atoms with Gasteiger partial charge in [-0.2, -0.15) is 0 Å². The molecule has 2 heteroatoms. The lowest BCUT2D eigenvalue weighted by Crippen LogP contribution is -1.79. The zero-order chi connectivity index (χ0) is 10.1. The first-order valence-corrected chi connectivity index (χ1v) is 6.68. The van der Waals surface area contributed by atoms with E-state index in [4.69, 9.17) is 0 Å². The maximum atomic E-state index is 2.25. The number of hydrogen-bond donors (Lipinski definition) is 0. The van der Waals surface area contributed by atoms with Gasteiger partial charge in [0.25, 0.3) is 0 Å². The molecule has 0 nitrogen and oxygen atoms in total. The van der Waals surface area contributed by atoms with Crippen molar-refractivity contribution in [2.75, 3.05) is 0 Å². The molecule has 0 bridgehead atoms. The molecule has 0 atom stereocenters. The lowest BCUT2D eigenvalue weighted by Gasteiger charge is -2.02. The van der Waals surface area contributed by atoms with Gasteiger partial charge in [-0.05, 0) is 40.5 Å². The highest BCUT2D eigenvalue weighted by Crippen LogP contribution is 2.38. The molecule has 0 saturated heterocycles. The Kier molecular flexibility index (Phi) is 2.31. The van der Waals surface area contributed by atoms with Gasteiger partial charge in [0.15, 0.2) is 0 Å². The van der Waals surface area contributed by atoms with E-state index < -0.39 is 0 Å². The first kappa shape index (κ1) is 9.13. The van der Waals surface area contributed by atoms with Crippen molar-refractivity contribution in [2.24, 2.45) is 0 Å². The third-order valence-electron chi connectivity index (χ3n) is 2.54. The average Bonchev–Trinajstić information content (AvgIpc) is 3.01. The second-order valence-corrected chi connectivity index (χ2v) is 5.35. The van der Waals surface area contributed by atoms with Crippen LogP contribution in [-0.2, 0) is 0 Å². The molecule has 2 aromatic heterocycles. The molecular formula is C13H10S2. The first-order valence-electron chi connectivity index (χ1n) is 4.92.